The minimum absolute atomic E-state index is 0.00481. The molecular formula is C12H21N3O. The molecule has 0 saturated heterocycles. The van der Waals surface area contributed by atoms with Crippen molar-refractivity contribution in [3.63, 3.8) is 0 Å². The van der Waals surface area contributed by atoms with Gasteiger partial charge in [0, 0.05) is 17.7 Å². The van der Waals surface area contributed by atoms with Crippen LogP contribution in [0.15, 0.2) is 12.3 Å². The minimum atomic E-state index is -0.640. The summed E-state index contributed by atoms with van der Waals surface area (Å²) in [5.41, 5.74) is 13.2. The van der Waals surface area contributed by atoms with E-state index in [4.69, 9.17) is 11.5 Å². The summed E-state index contributed by atoms with van der Waals surface area (Å²) in [4.78, 5) is 4.01. The molecule has 2 unspecified atom stereocenters. The standard InChI is InChI=1S/C12H21N3O/c1-7(2)9(6-13)11(16)10-8(3)4-5-15-12(10)14/h4-5,7,9,11,16H,6,13H2,1-3H3,(H2,14,15). The lowest BCUT2D eigenvalue weighted by atomic mass is 9.85. The maximum Gasteiger partial charge on any atom is 0.129 e. The van der Waals surface area contributed by atoms with Crippen LogP contribution in [-0.2, 0) is 0 Å². The first-order chi connectivity index (χ1) is 7.49. The first-order valence-electron chi connectivity index (χ1n) is 5.58. The molecule has 0 saturated carbocycles. The molecule has 0 fully saturated rings. The molecule has 90 valence electrons. The number of hydrogen-bond donors (Lipinski definition) is 3. The zero-order valence-electron chi connectivity index (χ0n) is 10.1. The molecule has 0 aliphatic heterocycles. The summed E-state index contributed by atoms with van der Waals surface area (Å²) < 4.78 is 0. The van der Waals surface area contributed by atoms with Crippen LogP contribution in [0.1, 0.15) is 31.1 Å². The quantitative estimate of drug-likeness (QED) is 0.717. The summed E-state index contributed by atoms with van der Waals surface area (Å²) in [6.45, 7) is 6.45. The third-order valence-corrected chi connectivity index (χ3v) is 3.07. The average Bonchev–Trinajstić information content (AvgIpc) is 2.17. The van der Waals surface area contributed by atoms with Crippen LogP contribution in [0.3, 0.4) is 0 Å². The zero-order chi connectivity index (χ0) is 12.3. The molecule has 0 aromatic carbocycles. The van der Waals surface area contributed by atoms with Gasteiger partial charge in [-0.05, 0) is 31.0 Å². The number of aromatic nitrogens is 1. The van der Waals surface area contributed by atoms with E-state index in [1.165, 1.54) is 0 Å². The molecule has 0 bridgehead atoms. The number of anilines is 1. The van der Waals surface area contributed by atoms with Crippen LogP contribution in [-0.4, -0.2) is 16.6 Å². The molecule has 16 heavy (non-hydrogen) atoms. The van der Waals surface area contributed by atoms with E-state index in [0.717, 1.165) is 5.56 Å². The molecule has 0 radical (unpaired) electrons. The van der Waals surface area contributed by atoms with Gasteiger partial charge in [-0.3, -0.25) is 0 Å². The molecule has 4 nitrogen and oxygen atoms in total. The molecular weight excluding hydrogens is 202 g/mol. The molecule has 0 aliphatic carbocycles. The summed E-state index contributed by atoms with van der Waals surface area (Å²) in [7, 11) is 0. The highest BCUT2D eigenvalue weighted by atomic mass is 16.3. The molecule has 0 spiro atoms. The lowest BCUT2D eigenvalue weighted by molar-refractivity contribution is 0.0859. The second-order valence-corrected chi connectivity index (χ2v) is 4.52. The number of nitrogen functional groups attached to an aromatic ring is 1. The summed E-state index contributed by atoms with van der Waals surface area (Å²) in [5, 5.41) is 10.3. The molecule has 1 aromatic heterocycles. The normalized spacial score (nSPS) is 15.1. The van der Waals surface area contributed by atoms with Gasteiger partial charge in [-0.15, -0.1) is 0 Å². The highest BCUT2D eigenvalue weighted by Crippen LogP contribution is 2.31. The highest BCUT2D eigenvalue weighted by molar-refractivity contribution is 5.45. The lowest BCUT2D eigenvalue weighted by Gasteiger charge is -2.26. The van der Waals surface area contributed by atoms with Crippen LogP contribution >= 0.6 is 0 Å². The smallest absolute Gasteiger partial charge is 0.129 e. The molecule has 0 amide bonds. The van der Waals surface area contributed by atoms with Gasteiger partial charge in [0.25, 0.3) is 0 Å². The Hall–Kier alpha value is -1.13. The Morgan fingerprint density at radius 3 is 2.50 bits per heavy atom. The largest absolute Gasteiger partial charge is 0.388 e. The Balaban J connectivity index is 3.08. The summed E-state index contributed by atoms with van der Waals surface area (Å²) in [6, 6.07) is 1.85. The van der Waals surface area contributed by atoms with Crippen molar-refractivity contribution in [3.8, 4) is 0 Å². The molecule has 1 aromatic rings. The van der Waals surface area contributed by atoms with Crippen LogP contribution in [0.5, 0.6) is 0 Å². The number of aliphatic hydroxyl groups excluding tert-OH is 1. The Kier molecular flexibility index (Phi) is 4.26. The van der Waals surface area contributed by atoms with Crippen LogP contribution in [0.4, 0.5) is 5.82 Å². The van der Waals surface area contributed by atoms with Crippen molar-refractivity contribution < 1.29 is 5.11 Å². The van der Waals surface area contributed by atoms with Gasteiger partial charge in [-0.2, -0.15) is 0 Å². The van der Waals surface area contributed by atoms with E-state index in [-0.39, 0.29) is 5.92 Å². The van der Waals surface area contributed by atoms with Gasteiger partial charge in [-0.25, -0.2) is 4.98 Å². The Labute approximate surface area is 96.7 Å². The number of aryl methyl sites for hydroxylation is 1. The monoisotopic (exact) mass is 223 g/mol. The van der Waals surface area contributed by atoms with Gasteiger partial charge in [0.1, 0.15) is 5.82 Å². The minimum Gasteiger partial charge on any atom is -0.388 e. The molecule has 1 heterocycles. The third kappa shape index (κ3) is 2.51. The maximum atomic E-state index is 10.3. The van der Waals surface area contributed by atoms with Crippen LogP contribution in [0, 0.1) is 18.8 Å². The van der Waals surface area contributed by atoms with E-state index >= 15 is 0 Å². The fourth-order valence-electron chi connectivity index (χ4n) is 1.96. The fraction of sp³-hybridized carbons (Fsp3) is 0.583. The first kappa shape index (κ1) is 12.9. The number of nitrogens with two attached hydrogens (primary N) is 2. The fourth-order valence-corrected chi connectivity index (χ4v) is 1.96. The molecule has 2 atom stereocenters. The van der Waals surface area contributed by atoms with E-state index in [1.54, 1.807) is 6.20 Å². The highest BCUT2D eigenvalue weighted by Gasteiger charge is 2.25. The van der Waals surface area contributed by atoms with E-state index in [0.29, 0.717) is 23.8 Å². The summed E-state index contributed by atoms with van der Waals surface area (Å²) >= 11 is 0. The second-order valence-electron chi connectivity index (χ2n) is 4.52. The van der Waals surface area contributed by atoms with E-state index in [1.807, 2.05) is 26.8 Å². The van der Waals surface area contributed by atoms with E-state index < -0.39 is 6.10 Å². The molecule has 5 N–H and O–H groups in total. The van der Waals surface area contributed by atoms with Crippen LogP contribution in [0.25, 0.3) is 0 Å². The summed E-state index contributed by atoms with van der Waals surface area (Å²) in [5.74, 6) is 0.704. The van der Waals surface area contributed by atoms with Gasteiger partial charge in [0.15, 0.2) is 0 Å². The number of aliphatic hydroxyl groups is 1. The Morgan fingerprint density at radius 1 is 1.44 bits per heavy atom. The van der Waals surface area contributed by atoms with Crippen LogP contribution < -0.4 is 11.5 Å². The third-order valence-electron chi connectivity index (χ3n) is 3.07. The number of pyridine rings is 1. The number of hydrogen-bond acceptors (Lipinski definition) is 4. The van der Waals surface area contributed by atoms with Crippen molar-refractivity contribution in [3.05, 3.63) is 23.4 Å². The van der Waals surface area contributed by atoms with E-state index in [9.17, 15) is 5.11 Å². The predicted molar refractivity (Wildman–Crippen MR) is 65.7 cm³/mol. The van der Waals surface area contributed by atoms with E-state index in [2.05, 4.69) is 4.98 Å². The lowest BCUT2D eigenvalue weighted by Crippen LogP contribution is -2.27. The van der Waals surface area contributed by atoms with Crippen molar-refractivity contribution in [2.75, 3.05) is 12.3 Å². The molecule has 0 aliphatic rings. The van der Waals surface area contributed by atoms with Gasteiger partial charge in [0.05, 0.1) is 6.10 Å². The molecule has 4 heteroatoms. The van der Waals surface area contributed by atoms with Gasteiger partial charge in [0.2, 0.25) is 0 Å². The van der Waals surface area contributed by atoms with Gasteiger partial charge in [-0.1, -0.05) is 13.8 Å². The van der Waals surface area contributed by atoms with Crippen molar-refractivity contribution in [2.24, 2.45) is 17.6 Å². The number of rotatable bonds is 4. The van der Waals surface area contributed by atoms with Gasteiger partial charge < -0.3 is 16.6 Å². The maximum absolute atomic E-state index is 10.3. The average molecular weight is 223 g/mol. The zero-order valence-corrected chi connectivity index (χ0v) is 10.1. The predicted octanol–water partition coefficient (Wildman–Crippen LogP) is 1.24. The Morgan fingerprint density at radius 2 is 2.06 bits per heavy atom. The van der Waals surface area contributed by atoms with Crippen LogP contribution in [0.2, 0.25) is 0 Å². The Bertz CT molecular complexity index is 332. The van der Waals surface area contributed by atoms with Crippen molar-refractivity contribution in [2.45, 2.75) is 26.9 Å². The topological polar surface area (TPSA) is 85.2 Å². The second kappa shape index (κ2) is 5.27. The number of nitrogens with zero attached hydrogens (tertiary/aromatic N) is 1. The molecule has 1 rings (SSSR count). The van der Waals surface area contributed by atoms with Crippen molar-refractivity contribution in [1.29, 1.82) is 0 Å². The van der Waals surface area contributed by atoms with Crippen molar-refractivity contribution >= 4 is 5.82 Å². The van der Waals surface area contributed by atoms with Crippen molar-refractivity contribution in [1.82, 2.24) is 4.98 Å². The summed E-state index contributed by atoms with van der Waals surface area (Å²) in [6.07, 6.45) is 1.01. The first-order valence-corrected chi connectivity index (χ1v) is 5.58. The van der Waals surface area contributed by atoms with Gasteiger partial charge >= 0.3 is 0 Å². The SMILES string of the molecule is Cc1ccnc(N)c1C(O)C(CN)C(C)C.